The van der Waals surface area contributed by atoms with Gasteiger partial charge in [0.2, 0.25) is 0 Å². The fraction of sp³-hybridized carbons (Fsp3) is 0.750. The zero-order valence-electron chi connectivity index (χ0n) is 4.55. The monoisotopic (exact) mass is 115 g/mol. The molecule has 0 aliphatic carbocycles. The van der Waals surface area contributed by atoms with Crippen molar-refractivity contribution in [3.8, 4) is 0 Å². The topological polar surface area (TPSA) is 58.4 Å². The normalized spacial score (nSPS) is 20.6. The Balaban J connectivity index is 2.39. The standard InChI is InChI=1S/C4H9N3O/c5-7-3-1-2-6-4(7)8/h1-3,5H2,(H,6,8). The van der Waals surface area contributed by atoms with Crippen LogP contribution in [0.4, 0.5) is 4.79 Å². The lowest BCUT2D eigenvalue weighted by molar-refractivity contribution is 0.187. The molecule has 8 heavy (non-hydrogen) atoms. The highest BCUT2D eigenvalue weighted by Crippen LogP contribution is 1.89. The van der Waals surface area contributed by atoms with Gasteiger partial charge in [-0.2, -0.15) is 0 Å². The highest BCUT2D eigenvalue weighted by atomic mass is 16.2. The summed E-state index contributed by atoms with van der Waals surface area (Å²) in [6.07, 6.45) is 0.947. The molecule has 46 valence electrons. The van der Waals surface area contributed by atoms with E-state index in [0.29, 0.717) is 6.54 Å². The summed E-state index contributed by atoms with van der Waals surface area (Å²) in [5.74, 6) is 5.20. The molecule has 0 bridgehead atoms. The molecule has 1 saturated heterocycles. The number of amides is 2. The van der Waals surface area contributed by atoms with E-state index in [1.165, 1.54) is 5.01 Å². The first-order chi connectivity index (χ1) is 3.80. The molecule has 1 aliphatic heterocycles. The van der Waals surface area contributed by atoms with Crippen LogP contribution in [-0.2, 0) is 0 Å². The van der Waals surface area contributed by atoms with E-state index in [1.807, 2.05) is 0 Å². The quantitative estimate of drug-likeness (QED) is 0.323. The van der Waals surface area contributed by atoms with Gasteiger partial charge in [0.1, 0.15) is 0 Å². The summed E-state index contributed by atoms with van der Waals surface area (Å²) in [4.78, 5) is 10.5. The summed E-state index contributed by atoms with van der Waals surface area (Å²) < 4.78 is 0. The molecule has 0 aromatic carbocycles. The average Bonchev–Trinajstić information content (AvgIpc) is 1.77. The third-order valence-electron chi connectivity index (χ3n) is 1.11. The van der Waals surface area contributed by atoms with E-state index < -0.39 is 0 Å². The molecule has 0 saturated carbocycles. The maximum atomic E-state index is 10.5. The number of hydrogen-bond donors (Lipinski definition) is 2. The van der Waals surface area contributed by atoms with Crippen LogP contribution in [-0.4, -0.2) is 24.1 Å². The van der Waals surface area contributed by atoms with Gasteiger partial charge in [-0.05, 0) is 6.42 Å². The molecule has 1 heterocycles. The van der Waals surface area contributed by atoms with Crippen LogP contribution in [0.3, 0.4) is 0 Å². The molecule has 3 N–H and O–H groups in total. The van der Waals surface area contributed by atoms with Gasteiger partial charge in [-0.3, -0.25) is 5.01 Å². The second-order valence-electron chi connectivity index (χ2n) is 1.78. The fourth-order valence-corrected chi connectivity index (χ4v) is 0.648. The van der Waals surface area contributed by atoms with Crippen molar-refractivity contribution < 1.29 is 4.79 Å². The van der Waals surface area contributed by atoms with Gasteiger partial charge in [-0.15, -0.1) is 0 Å². The number of hydrogen-bond acceptors (Lipinski definition) is 2. The van der Waals surface area contributed by atoms with Crippen molar-refractivity contribution in [3.05, 3.63) is 0 Å². The Morgan fingerprint density at radius 1 is 1.75 bits per heavy atom. The molecule has 0 unspecified atom stereocenters. The Kier molecular flexibility index (Phi) is 1.34. The number of carbonyl (C=O) groups is 1. The second-order valence-corrected chi connectivity index (χ2v) is 1.78. The van der Waals surface area contributed by atoms with E-state index in [4.69, 9.17) is 5.84 Å². The number of rotatable bonds is 0. The number of nitrogens with one attached hydrogen (secondary N) is 1. The van der Waals surface area contributed by atoms with Gasteiger partial charge in [-0.25, -0.2) is 10.6 Å². The highest BCUT2D eigenvalue weighted by Gasteiger charge is 2.11. The van der Waals surface area contributed by atoms with Gasteiger partial charge in [-0.1, -0.05) is 0 Å². The van der Waals surface area contributed by atoms with Crippen LogP contribution in [0.5, 0.6) is 0 Å². The minimum atomic E-state index is -0.170. The first kappa shape index (κ1) is 5.37. The molecule has 0 atom stereocenters. The summed E-state index contributed by atoms with van der Waals surface area (Å²) >= 11 is 0. The molecule has 0 aromatic heterocycles. The Bertz CT molecular complexity index is 103. The van der Waals surface area contributed by atoms with Gasteiger partial charge >= 0.3 is 6.03 Å². The third-order valence-corrected chi connectivity index (χ3v) is 1.11. The Morgan fingerprint density at radius 2 is 2.50 bits per heavy atom. The van der Waals surface area contributed by atoms with Gasteiger partial charge in [0.05, 0.1) is 0 Å². The Hall–Kier alpha value is -0.770. The number of carbonyl (C=O) groups excluding carboxylic acids is 1. The lowest BCUT2D eigenvalue weighted by atomic mass is 10.4. The van der Waals surface area contributed by atoms with Crippen molar-refractivity contribution in [2.24, 2.45) is 5.84 Å². The molecule has 4 nitrogen and oxygen atoms in total. The highest BCUT2D eigenvalue weighted by molar-refractivity contribution is 5.73. The molecule has 0 aromatic rings. The number of nitrogens with zero attached hydrogens (tertiary/aromatic N) is 1. The van der Waals surface area contributed by atoms with Crippen molar-refractivity contribution in [2.45, 2.75) is 6.42 Å². The maximum absolute atomic E-state index is 10.5. The summed E-state index contributed by atoms with van der Waals surface area (Å²) in [6.45, 7) is 1.43. The van der Waals surface area contributed by atoms with Crippen LogP contribution in [0, 0.1) is 0 Å². The maximum Gasteiger partial charge on any atom is 0.331 e. The molecule has 1 rings (SSSR count). The fourth-order valence-electron chi connectivity index (χ4n) is 0.648. The average molecular weight is 115 g/mol. The zero-order valence-corrected chi connectivity index (χ0v) is 4.55. The molecule has 1 aliphatic rings. The van der Waals surface area contributed by atoms with Crippen LogP contribution in [0.2, 0.25) is 0 Å². The summed E-state index contributed by atoms with van der Waals surface area (Å²) in [7, 11) is 0. The predicted octanol–water partition coefficient (Wildman–Crippen LogP) is -0.725. The summed E-state index contributed by atoms with van der Waals surface area (Å²) in [5.41, 5.74) is 0. The van der Waals surface area contributed by atoms with Crippen LogP contribution < -0.4 is 11.2 Å². The van der Waals surface area contributed by atoms with Crippen molar-refractivity contribution in [2.75, 3.05) is 13.1 Å². The smallest absolute Gasteiger partial charge is 0.331 e. The summed E-state index contributed by atoms with van der Waals surface area (Å²) in [5, 5.41) is 3.78. The van der Waals surface area contributed by atoms with E-state index in [-0.39, 0.29) is 6.03 Å². The zero-order chi connectivity index (χ0) is 5.98. The molecular weight excluding hydrogens is 106 g/mol. The van der Waals surface area contributed by atoms with Crippen molar-refractivity contribution >= 4 is 6.03 Å². The first-order valence-electron chi connectivity index (χ1n) is 2.61. The van der Waals surface area contributed by atoms with Crippen molar-refractivity contribution in [3.63, 3.8) is 0 Å². The van der Waals surface area contributed by atoms with Crippen LogP contribution in [0.1, 0.15) is 6.42 Å². The van der Waals surface area contributed by atoms with Crippen molar-refractivity contribution in [1.82, 2.24) is 10.3 Å². The second kappa shape index (κ2) is 2.00. The van der Waals surface area contributed by atoms with Gasteiger partial charge in [0.15, 0.2) is 0 Å². The lowest BCUT2D eigenvalue weighted by Gasteiger charge is -2.21. The number of nitrogens with two attached hydrogens (primary N) is 1. The largest absolute Gasteiger partial charge is 0.337 e. The van der Waals surface area contributed by atoms with E-state index in [2.05, 4.69) is 5.32 Å². The van der Waals surface area contributed by atoms with Crippen molar-refractivity contribution in [1.29, 1.82) is 0 Å². The van der Waals surface area contributed by atoms with E-state index in [0.717, 1.165) is 13.0 Å². The van der Waals surface area contributed by atoms with Gasteiger partial charge in [0, 0.05) is 13.1 Å². The molecule has 0 spiro atoms. The number of hydrazine groups is 1. The van der Waals surface area contributed by atoms with Gasteiger partial charge < -0.3 is 5.32 Å². The van der Waals surface area contributed by atoms with E-state index in [9.17, 15) is 4.79 Å². The molecule has 4 heteroatoms. The van der Waals surface area contributed by atoms with Crippen LogP contribution in [0.15, 0.2) is 0 Å². The molecule has 2 amide bonds. The SMILES string of the molecule is NN1CCCNC1=O. The van der Waals surface area contributed by atoms with Crippen LogP contribution in [0.25, 0.3) is 0 Å². The van der Waals surface area contributed by atoms with E-state index in [1.54, 1.807) is 0 Å². The first-order valence-corrected chi connectivity index (χ1v) is 2.61. The molecule has 1 fully saturated rings. The molecule has 0 radical (unpaired) electrons. The Labute approximate surface area is 47.6 Å². The summed E-state index contributed by atoms with van der Waals surface area (Å²) in [6, 6.07) is -0.170. The predicted molar refractivity (Wildman–Crippen MR) is 28.9 cm³/mol. The number of urea groups is 1. The lowest BCUT2D eigenvalue weighted by Crippen LogP contribution is -2.50. The van der Waals surface area contributed by atoms with Gasteiger partial charge in [0.25, 0.3) is 0 Å². The third kappa shape index (κ3) is 0.894. The Morgan fingerprint density at radius 3 is 2.88 bits per heavy atom. The minimum absolute atomic E-state index is 0.170. The minimum Gasteiger partial charge on any atom is -0.337 e. The van der Waals surface area contributed by atoms with E-state index >= 15 is 0 Å². The van der Waals surface area contributed by atoms with Crippen LogP contribution >= 0.6 is 0 Å². The molecular formula is C4H9N3O.